The maximum atomic E-state index is 13.4. The number of rotatable bonds is 4. The monoisotopic (exact) mass is 234 g/mol. The lowest BCUT2D eigenvalue weighted by Crippen LogP contribution is -2.15. The van der Waals surface area contributed by atoms with Crippen LogP contribution in [-0.4, -0.2) is 14.8 Å². The third kappa shape index (κ3) is 2.68. The second-order valence-corrected chi connectivity index (χ2v) is 3.96. The third-order valence-electron chi connectivity index (χ3n) is 2.77. The van der Waals surface area contributed by atoms with E-state index in [2.05, 4.69) is 10.1 Å². The highest BCUT2D eigenvalue weighted by atomic mass is 19.1. The minimum absolute atomic E-state index is 0.328. The van der Waals surface area contributed by atoms with E-state index in [-0.39, 0.29) is 11.9 Å². The third-order valence-corrected chi connectivity index (χ3v) is 2.77. The molecule has 0 saturated carbocycles. The summed E-state index contributed by atoms with van der Waals surface area (Å²) < 4.78 is 15.2. The maximum absolute atomic E-state index is 13.4. The van der Waals surface area contributed by atoms with Crippen molar-refractivity contribution in [1.29, 1.82) is 0 Å². The second kappa shape index (κ2) is 5.05. The van der Waals surface area contributed by atoms with Crippen LogP contribution in [0.1, 0.15) is 23.9 Å². The molecule has 0 spiro atoms. The molecule has 4 nitrogen and oxygen atoms in total. The number of halogens is 1. The van der Waals surface area contributed by atoms with Gasteiger partial charge in [-0.25, -0.2) is 4.39 Å². The summed E-state index contributed by atoms with van der Waals surface area (Å²) in [4.78, 5) is 3.98. The van der Waals surface area contributed by atoms with Crippen molar-refractivity contribution in [1.82, 2.24) is 14.8 Å². The first-order valence-electron chi connectivity index (χ1n) is 5.51. The normalized spacial score (nSPS) is 12.6. The second-order valence-electron chi connectivity index (χ2n) is 3.96. The molecule has 0 aromatic carbocycles. The molecule has 2 heterocycles. The lowest BCUT2D eigenvalue weighted by molar-refractivity contribution is 0.539. The van der Waals surface area contributed by atoms with Crippen molar-refractivity contribution in [2.45, 2.75) is 18.9 Å². The van der Waals surface area contributed by atoms with Gasteiger partial charge in [-0.2, -0.15) is 5.10 Å². The van der Waals surface area contributed by atoms with Gasteiger partial charge in [0, 0.05) is 25.1 Å². The molecule has 2 aromatic rings. The molecular formula is C12H15FN4. The Morgan fingerprint density at radius 3 is 2.88 bits per heavy atom. The van der Waals surface area contributed by atoms with Crippen molar-refractivity contribution in [3.05, 3.63) is 47.8 Å². The average Bonchev–Trinajstić information content (AvgIpc) is 2.72. The molecule has 0 fully saturated rings. The molecule has 17 heavy (non-hydrogen) atoms. The Balaban J connectivity index is 2.01. The highest BCUT2D eigenvalue weighted by Crippen LogP contribution is 2.17. The summed E-state index contributed by atoms with van der Waals surface area (Å²) in [5.74, 6) is -0.343. The fourth-order valence-corrected chi connectivity index (χ4v) is 1.76. The first-order chi connectivity index (χ1) is 8.18. The molecular weight excluding hydrogens is 219 g/mol. The number of nitrogens with zero attached hydrogens (tertiary/aromatic N) is 3. The lowest BCUT2D eigenvalue weighted by atomic mass is 10.1. The number of hydrogen-bond acceptors (Lipinski definition) is 3. The van der Waals surface area contributed by atoms with E-state index in [0.29, 0.717) is 12.1 Å². The van der Waals surface area contributed by atoms with Crippen LogP contribution in [0.3, 0.4) is 0 Å². The van der Waals surface area contributed by atoms with Crippen LogP contribution in [0.4, 0.5) is 4.39 Å². The summed E-state index contributed by atoms with van der Waals surface area (Å²) in [6.07, 6.45) is 4.70. The molecule has 2 aromatic heterocycles. The summed E-state index contributed by atoms with van der Waals surface area (Å²) in [5.41, 5.74) is 7.34. The van der Waals surface area contributed by atoms with E-state index in [1.807, 2.05) is 13.1 Å². The Labute approximate surface area is 99.3 Å². The van der Waals surface area contributed by atoms with Crippen molar-refractivity contribution in [2.24, 2.45) is 12.8 Å². The summed E-state index contributed by atoms with van der Waals surface area (Å²) >= 11 is 0. The quantitative estimate of drug-likeness (QED) is 0.874. The molecule has 0 radical (unpaired) electrons. The highest BCUT2D eigenvalue weighted by Gasteiger charge is 2.13. The van der Waals surface area contributed by atoms with Crippen LogP contribution in [-0.2, 0) is 13.5 Å². The molecule has 2 rings (SSSR count). The minimum atomic E-state index is -0.383. The SMILES string of the molecule is Cn1nccc1CCC(N)c1ncccc1F. The highest BCUT2D eigenvalue weighted by molar-refractivity contribution is 5.12. The van der Waals surface area contributed by atoms with Crippen molar-refractivity contribution in [3.63, 3.8) is 0 Å². The summed E-state index contributed by atoms with van der Waals surface area (Å²) in [5, 5.41) is 4.07. The number of pyridine rings is 1. The molecule has 0 aliphatic rings. The van der Waals surface area contributed by atoms with E-state index < -0.39 is 0 Å². The zero-order valence-corrected chi connectivity index (χ0v) is 9.68. The number of nitrogens with two attached hydrogens (primary N) is 1. The van der Waals surface area contributed by atoms with Gasteiger partial charge in [-0.15, -0.1) is 0 Å². The van der Waals surface area contributed by atoms with Crippen molar-refractivity contribution in [2.75, 3.05) is 0 Å². The van der Waals surface area contributed by atoms with Crippen molar-refractivity contribution >= 4 is 0 Å². The standard InChI is InChI=1S/C12H15FN4/c1-17-9(6-8-16-17)4-5-11(14)12-10(13)3-2-7-15-12/h2-3,6-8,11H,4-5,14H2,1H3. The Morgan fingerprint density at radius 1 is 1.41 bits per heavy atom. The molecule has 0 aliphatic carbocycles. The van der Waals surface area contributed by atoms with Crippen LogP contribution in [0.15, 0.2) is 30.6 Å². The van der Waals surface area contributed by atoms with Gasteiger partial charge in [-0.1, -0.05) is 0 Å². The smallest absolute Gasteiger partial charge is 0.146 e. The van der Waals surface area contributed by atoms with Crippen LogP contribution in [0.5, 0.6) is 0 Å². The van der Waals surface area contributed by atoms with Crippen LogP contribution in [0, 0.1) is 5.82 Å². The minimum Gasteiger partial charge on any atom is -0.323 e. The fraction of sp³-hybridized carbons (Fsp3) is 0.333. The van der Waals surface area contributed by atoms with Gasteiger partial charge in [0.25, 0.3) is 0 Å². The Morgan fingerprint density at radius 2 is 2.24 bits per heavy atom. The summed E-state index contributed by atoms with van der Waals surface area (Å²) in [6.45, 7) is 0. The first-order valence-corrected chi connectivity index (χ1v) is 5.51. The van der Waals surface area contributed by atoms with Crippen LogP contribution in [0.2, 0.25) is 0 Å². The van der Waals surface area contributed by atoms with Gasteiger partial charge in [-0.3, -0.25) is 9.67 Å². The van der Waals surface area contributed by atoms with E-state index in [0.717, 1.165) is 12.1 Å². The summed E-state index contributed by atoms with van der Waals surface area (Å²) in [7, 11) is 1.88. The van der Waals surface area contributed by atoms with E-state index in [9.17, 15) is 4.39 Å². The van der Waals surface area contributed by atoms with E-state index in [4.69, 9.17) is 5.73 Å². The maximum Gasteiger partial charge on any atom is 0.146 e. The van der Waals surface area contributed by atoms with Crippen molar-refractivity contribution < 1.29 is 4.39 Å². The Kier molecular flexibility index (Phi) is 3.49. The van der Waals surface area contributed by atoms with Crippen LogP contribution >= 0.6 is 0 Å². The van der Waals surface area contributed by atoms with Gasteiger partial charge in [0.1, 0.15) is 5.82 Å². The lowest BCUT2D eigenvalue weighted by Gasteiger charge is -2.11. The van der Waals surface area contributed by atoms with Gasteiger partial charge in [0.15, 0.2) is 0 Å². The topological polar surface area (TPSA) is 56.7 Å². The van der Waals surface area contributed by atoms with Gasteiger partial charge >= 0.3 is 0 Å². The number of aromatic nitrogens is 3. The Hall–Kier alpha value is -1.75. The number of aryl methyl sites for hydroxylation is 2. The molecule has 2 N–H and O–H groups in total. The van der Waals surface area contributed by atoms with Crippen LogP contribution < -0.4 is 5.73 Å². The van der Waals surface area contributed by atoms with Gasteiger partial charge in [0.05, 0.1) is 11.7 Å². The van der Waals surface area contributed by atoms with E-state index >= 15 is 0 Å². The predicted molar refractivity (Wildman–Crippen MR) is 62.7 cm³/mol. The molecule has 1 atom stereocenters. The number of hydrogen-bond donors (Lipinski definition) is 1. The van der Waals surface area contributed by atoms with Gasteiger partial charge in [-0.05, 0) is 31.0 Å². The largest absolute Gasteiger partial charge is 0.323 e. The van der Waals surface area contributed by atoms with Gasteiger partial charge in [0.2, 0.25) is 0 Å². The molecule has 0 saturated heterocycles. The first kappa shape index (κ1) is 11.7. The molecule has 0 bridgehead atoms. The summed E-state index contributed by atoms with van der Waals surface area (Å²) in [6, 6.07) is 4.49. The van der Waals surface area contributed by atoms with E-state index in [1.54, 1.807) is 23.1 Å². The molecule has 1 unspecified atom stereocenters. The van der Waals surface area contributed by atoms with Crippen LogP contribution in [0.25, 0.3) is 0 Å². The fourth-order valence-electron chi connectivity index (χ4n) is 1.76. The Bertz CT molecular complexity index is 495. The molecule has 0 aliphatic heterocycles. The van der Waals surface area contributed by atoms with Gasteiger partial charge < -0.3 is 5.73 Å². The zero-order valence-electron chi connectivity index (χ0n) is 9.68. The molecule has 5 heteroatoms. The average molecular weight is 234 g/mol. The zero-order chi connectivity index (χ0) is 12.3. The molecule has 0 amide bonds. The predicted octanol–water partition coefficient (Wildman–Crippen LogP) is 1.59. The van der Waals surface area contributed by atoms with E-state index in [1.165, 1.54) is 6.07 Å². The van der Waals surface area contributed by atoms with Crippen molar-refractivity contribution in [3.8, 4) is 0 Å². The molecule has 90 valence electrons.